The highest BCUT2D eigenvalue weighted by atomic mass is 16.2. The number of hydrogen-bond acceptors (Lipinski definition) is 2. The van der Waals surface area contributed by atoms with E-state index in [1.54, 1.807) is 0 Å². The van der Waals surface area contributed by atoms with E-state index in [9.17, 15) is 4.79 Å². The Hall–Kier alpha value is -1.64. The number of aryl methyl sites for hydroxylation is 1. The molecular formula is C16H22N2O. The van der Waals surface area contributed by atoms with Crippen LogP contribution < -0.4 is 5.43 Å². The average Bonchev–Trinajstić information content (AvgIpc) is 2.38. The fraction of sp³-hybridized carbons (Fsp3) is 0.500. The molecule has 3 heteroatoms. The van der Waals surface area contributed by atoms with Crippen LogP contribution >= 0.6 is 0 Å². The van der Waals surface area contributed by atoms with E-state index in [2.05, 4.69) is 24.4 Å². The molecule has 1 fully saturated rings. The molecule has 0 heterocycles. The summed E-state index contributed by atoms with van der Waals surface area (Å²) >= 11 is 0. The lowest BCUT2D eigenvalue weighted by molar-refractivity contribution is 0.0953. The zero-order valence-corrected chi connectivity index (χ0v) is 11.9. The maximum Gasteiger partial charge on any atom is 0.271 e. The Morgan fingerprint density at radius 2 is 1.84 bits per heavy atom. The van der Waals surface area contributed by atoms with Gasteiger partial charge < -0.3 is 0 Å². The van der Waals surface area contributed by atoms with Crippen molar-refractivity contribution >= 4 is 11.6 Å². The molecule has 1 aromatic rings. The topological polar surface area (TPSA) is 41.5 Å². The molecule has 1 aliphatic carbocycles. The standard InChI is InChI=1S/C16H22N2O/c1-11-7-4-5-10-14(11)16(19)18-17-15-12(2)8-6-9-13(15)3/h4-5,7,10,12-13H,6,8-9H2,1-3H3,(H,18,19)/t12-,13-/m1/s1. The monoisotopic (exact) mass is 258 g/mol. The molecule has 2 atom stereocenters. The number of nitrogens with one attached hydrogen (secondary N) is 1. The van der Waals surface area contributed by atoms with E-state index in [-0.39, 0.29) is 5.91 Å². The van der Waals surface area contributed by atoms with Crippen molar-refractivity contribution < 1.29 is 4.79 Å². The summed E-state index contributed by atoms with van der Waals surface area (Å²) in [4.78, 5) is 12.1. The molecule has 102 valence electrons. The highest BCUT2D eigenvalue weighted by Gasteiger charge is 2.23. The Morgan fingerprint density at radius 3 is 2.47 bits per heavy atom. The molecule has 0 unspecified atom stereocenters. The summed E-state index contributed by atoms with van der Waals surface area (Å²) in [5.74, 6) is 0.831. The van der Waals surface area contributed by atoms with E-state index in [1.807, 2.05) is 31.2 Å². The zero-order chi connectivity index (χ0) is 13.8. The maximum absolute atomic E-state index is 12.1. The first-order valence-electron chi connectivity index (χ1n) is 7.03. The van der Waals surface area contributed by atoms with E-state index in [4.69, 9.17) is 0 Å². The summed E-state index contributed by atoms with van der Waals surface area (Å²) in [5, 5.41) is 4.38. The summed E-state index contributed by atoms with van der Waals surface area (Å²) in [5.41, 5.74) is 5.53. The lowest BCUT2D eigenvalue weighted by Gasteiger charge is -2.26. The SMILES string of the molecule is Cc1ccccc1C(=O)NN=C1[C@H](C)CCC[C@H]1C. The van der Waals surface area contributed by atoms with Gasteiger partial charge in [-0.2, -0.15) is 5.10 Å². The predicted octanol–water partition coefficient (Wildman–Crippen LogP) is 3.54. The van der Waals surface area contributed by atoms with Crippen LogP contribution in [0.25, 0.3) is 0 Å². The fourth-order valence-corrected chi connectivity index (χ4v) is 2.74. The summed E-state index contributed by atoms with van der Waals surface area (Å²) in [6.45, 7) is 6.32. The van der Waals surface area contributed by atoms with Gasteiger partial charge in [0.2, 0.25) is 0 Å². The van der Waals surface area contributed by atoms with Crippen LogP contribution in [0.1, 0.15) is 49.0 Å². The van der Waals surface area contributed by atoms with Gasteiger partial charge in [-0.3, -0.25) is 4.79 Å². The second-order valence-electron chi connectivity index (χ2n) is 5.53. The zero-order valence-electron chi connectivity index (χ0n) is 11.9. The molecule has 19 heavy (non-hydrogen) atoms. The molecule has 0 spiro atoms. The quantitative estimate of drug-likeness (QED) is 0.810. The summed E-state index contributed by atoms with van der Waals surface area (Å²) in [6, 6.07) is 7.58. The van der Waals surface area contributed by atoms with Gasteiger partial charge in [-0.15, -0.1) is 0 Å². The number of benzene rings is 1. The third-order valence-electron chi connectivity index (χ3n) is 3.96. The minimum Gasteiger partial charge on any atom is -0.267 e. The van der Waals surface area contributed by atoms with Crippen molar-refractivity contribution in [3.8, 4) is 0 Å². The summed E-state index contributed by atoms with van der Waals surface area (Å²) in [7, 11) is 0. The molecule has 1 saturated carbocycles. The van der Waals surface area contributed by atoms with E-state index < -0.39 is 0 Å². The number of hydrogen-bond donors (Lipinski definition) is 1. The number of amides is 1. The molecule has 1 aliphatic rings. The summed E-state index contributed by atoms with van der Waals surface area (Å²) < 4.78 is 0. The Kier molecular flexibility index (Phi) is 4.35. The number of carbonyl (C=O) groups is 1. The number of rotatable bonds is 2. The Bertz CT molecular complexity index is 481. The smallest absolute Gasteiger partial charge is 0.267 e. The Balaban J connectivity index is 2.09. The van der Waals surface area contributed by atoms with Gasteiger partial charge in [0.05, 0.1) is 0 Å². The maximum atomic E-state index is 12.1. The lowest BCUT2D eigenvalue weighted by atomic mass is 9.81. The molecule has 0 aliphatic heterocycles. The molecule has 2 rings (SSSR count). The van der Waals surface area contributed by atoms with Crippen LogP contribution in [0.2, 0.25) is 0 Å². The Morgan fingerprint density at radius 1 is 1.21 bits per heavy atom. The van der Waals surface area contributed by atoms with E-state index in [1.165, 1.54) is 19.3 Å². The van der Waals surface area contributed by atoms with Crippen molar-refractivity contribution in [2.24, 2.45) is 16.9 Å². The third-order valence-corrected chi connectivity index (χ3v) is 3.96. The van der Waals surface area contributed by atoms with E-state index in [0.717, 1.165) is 11.3 Å². The first-order valence-corrected chi connectivity index (χ1v) is 7.03. The van der Waals surface area contributed by atoms with Crippen molar-refractivity contribution in [1.29, 1.82) is 0 Å². The van der Waals surface area contributed by atoms with Crippen molar-refractivity contribution in [3.05, 3.63) is 35.4 Å². The molecular weight excluding hydrogens is 236 g/mol. The van der Waals surface area contributed by atoms with Crippen molar-refractivity contribution in [2.45, 2.75) is 40.0 Å². The van der Waals surface area contributed by atoms with Crippen LogP contribution in [0, 0.1) is 18.8 Å². The van der Waals surface area contributed by atoms with Crippen LogP contribution in [0.5, 0.6) is 0 Å². The van der Waals surface area contributed by atoms with Gasteiger partial charge in [0.1, 0.15) is 0 Å². The first-order chi connectivity index (χ1) is 9.09. The van der Waals surface area contributed by atoms with Gasteiger partial charge in [-0.1, -0.05) is 38.5 Å². The first kappa shape index (κ1) is 13.8. The van der Waals surface area contributed by atoms with E-state index in [0.29, 0.717) is 17.4 Å². The molecule has 1 N–H and O–H groups in total. The molecule has 1 amide bonds. The van der Waals surface area contributed by atoms with Crippen LogP contribution in [0.4, 0.5) is 0 Å². The Labute approximate surface area is 115 Å². The van der Waals surface area contributed by atoms with Crippen LogP contribution in [0.3, 0.4) is 0 Å². The van der Waals surface area contributed by atoms with Gasteiger partial charge in [0.15, 0.2) is 0 Å². The number of nitrogens with zero attached hydrogens (tertiary/aromatic N) is 1. The van der Waals surface area contributed by atoms with Crippen LogP contribution in [0.15, 0.2) is 29.4 Å². The van der Waals surface area contributed by atoms with Crippen LogP contribution in [-0.2, 0) is 0 Å². The predicted molar refractivity (Wildman–Crippen MR) is 78.3 cm³/mol. The molecule has 0 bridgehead atoms. The van der Waals surface area contributed by atoms with Gasteiger partial charge in [0, 0.05) is 11.3 Å². The van der Waals surface area contributed by atoms with Gasteiger partial charge in [-0.25, -0.2) is 5.43 Å². The highest BCUT2D eigenvalue weighted by molar-refractivity contribution is 5.97. The second-order valence-corrected chi connectivity index (χ2v) is 5.53. The van der Waals surface area contributed by atoms with Crippen molar-refractivity contribution in [3.63, 3.8) is 0 Å². The van der Waals surface area contributed by atoms with E-state index >= 15 is 0 Å². The molecule has 0 saturated heterocycles. The minimum atomic E-state index is -0.115. The highest BCUT2D eigenvalue weighted by Crippen LogP contribution is 2.25. The second kappa shape index (κ2) is 6.00. The molecule has 0 radical (unpaired) electrons. The molecule has 1 aromatic carbocycles. The third kappa shape index (κ3) is 3.22. The molecule has 0 aromatic heterocycles. The largest absolute Gasteiger partial charge is 0.271 e. The van der Waals surface area contributed by atoms with Gasteiger partial charge >= 0.3 is 0 Å². The van der Waals surface area contributed by atoms with Gasteiger partial charge in [-0.05, 0) is 43.2 Å². The van der Waals surface area contributed by atoms with Gasteiger partial charge in [0.25, 0.3) is 5.91 Å². The molecule has 3 nitrogen and oxygen atoms in total. The average molecular weight is 258 g/mol. The van der Waals surface area contributed by atoms with Crippen molar-refractivity contribution in [1.82, 2.24) is 5.43 Å². The minimum absolute atomic E-state index is 0.115. The normalized spacial score (nSPS) is 23.0. The number of hydrazone groups is 1. The lowest BCUT2D eigenvalue weighted by Crippen LogP contribution is -2.29. The van der Waals surface area contributed by atoms with Crippen LogP contribution in [-0.4, -0.2) is 11.6 Å². The van der Waals surface area contributed by atoms with Crippen molar-refractivity contribution in [2.75, 3.05) is 0 Å². The summed E-state index contributed by atoms with van der Waals surface area (Å²) in [6.07, 6.45) is 3.60. The fourth-order valence-electron chi connectivity index (χ4n) is 2.74. The number of carbonyl (C=O) groups excluding carboxylic acids is 1.